The van der Waals surface area contributed by atoms with Gasteiger partial charge in [-0.3, -0.25) is 0 Å². The molecule has 0 aliphatic carbocycles. The summed E-state index contributed by atoms with van der Waals surface area (Å²) in [6, 6.07) is 11.1. The van der Waals surface area contributed by atoms with Gasteiger partial charge in [0.25, 0.3) is 0 Å². The van der Waals surface area contributed by atoms with Crippen molar-refractivity contribution in [1.82, 2.24) is 5.32 Å². The number of para-hydroxylation sites is 1. The minimum atomic E-state index is -0.688. The molecule has 6 heteroatoms. The molecule has 2 aromatic rings. The second-order valence-electron chi connectivity index (χ2n) is 4.93. The fraction of sp³-hybridized carbons (Fsp3) is 0.235. The van der Waals surface area contributed by atoms with Gasteiger partial charge in [-0.25, -0.2) is 8.78 Å². The summed E-state index contributed by atoms with van der Waals surface area (Å²) in [6.07, 6.45) is 0.758. The molecule has 0 aliphatic heterocycles. The molecule has 0 saturated carbocycles. The molecule has 0 fully saturated rings. The van der Waals surface area contributed by atoms with Crippen LogP contribution in [0, 0.1) is 11.6 Å². The van der Waals surface area contributed by atoms with Crippen LogP contribution >= 0.6 is 12.2 Å². The van der Waals surface area contributed by atoms with Gasteiger partial charge in [-0.2, -0.15) is 0 Å². The van der Waals surface area contributed by atoms with Gasteiger partial charge in [0.1, 0.15) is 23.1 Å². The lowest BCUT2D eigenvalue weighted by Gasteiger charge is -2.20. The zero-order valence-corrected chi connectivity index (χ0v) is 13.7. The third-order valence-electron chi connectivity index (χ3n) is 3.43. The van der Waals surface area contributed by atoms with E-state index in [1.807, 2.05) is 31.2 Å². The molecule has 0 unspecified atom stereocenters. The normalized spacial score (nSPS) is 11.7. The Kier molecular flexibility index (Phi) is 5.87. The minimum absolute atomic E-state index is 0.0734. The number of anilines is 1. The second kappa shape index (κ2) is 7.87. The summed E-state index contributed by atoms with van der Waals surface area (Å²) >= 11 is 5.17. The Morgan fingerprint density at radius 1 is 1.13 bits per heavy atom. The third-order valence-corrected chi connectivity index (χ3v) is 3.65. The molecule has 0 radical (unpaired) electrons. The summed E-state index contributed by atoms with van der Waals surface area (Å²) in [6.45, 7) is 1.99. The van der Waals surface area contributed by atoms with Gasteiger partial charge in [0.05, 0.1) is 13.2 Å². The average Bonchev–Trinajstić information content (AvgIpc) is 2.56. The molecule has 0 heterocycles. The molecule has 0 aliphatic rings. The van der Waals surface area contributed by atoms with Gasteiger partial charge < -0.3 is 15.4 Å². The molecule has 0 saturated heterocycles. The Morgan fingerprint density at radius 3 is 2.26 bits per heavy atom. The monoisotopic (exact) mass is 336 g/mol. The van der Waals surface area contributed by atoms with E-state index in [0.717, 1.165) is 17.7 Å². The second-order valence-corrected chi connectivity index (χ2v) is 5.34. The van der Waals surface area contributed by atoms with Crippen LogP contribution in [-0.2, 0) is 0 Å². The zero-order valence-electron chi connectivity index (χ0n) is 12.9. The van der Waals surface area contributed by atoms with E-state index in [0.29, 0.717) is 0 Å². The molecular weight excluding hydrogens is 318 g/mol. The number of hydrogen-bond donors (Lipinski definition) is 2. The number of nitrogens with one attached hydrogen (secondary N) is 2. The lowest BCUT2D eigenvalue weighted by Crippen LogP contribution is -2.32. The van der Waals surface area contributed by atoms with Gasteiger partial charge in [-0.05, 0) is 48.5 Å². The predicted octanol–water partition coefficient (Wildman–Crippen LogP) is 4.41. The van der Waals surface area contributed by atoms with Crippen LogP contribution in [0.1, 0.15) is 24.9 Å². The molecule has 0 spiro atoms. The molecule has 1 atom stereocenters. The Hall–Kier alpha value is -2.21. The van der Waals surface area contributed by atoms with Gasteiger partial charge in [-0.15, -0.1) is 0 Å². The number of thiocarbonyl (C=S) groups is 1. The number of hydrogen-bond acceptors (Lipinski definition) is 2. The maximum absolute atomic E-state index is 13.6. The van der Waals surface area contributed by atoms with Crippen LogP contribution in [0.5, 0.6) is 5.75 Å². The van der Waals surface area contributed by atoms with E-state index < -0.39 is 11.6 Å². The van der Waals surface area contributed by atoms with Crippen LogP contribution in [-0.4, -0.2) is 12.2 Å². The van der Waals surface area contributed by atoms with Crippen LogP contribution in [0.2, 0.25) is 0 Å². The Morgan fingerprint density at radius 2 is 1.74 bits per heavy atom. The zero-order chi connectivity index (χ0) is 16.8. The fourth-order valence-electron chi connectivity index (χ4n) is 2.18. The van der Waals surface area contributed by atoms with Crippen LogP contribution in [0.15, 0.2) is 42.5 Å². The van der Waals surface area contributed by atoms with Gasteiger partial charge >= 0.3 is 0 Å². The molecule has 23 heavy (non-hydrogen) atoms. The largest absolute Gasteiger partial charge is 0.497 e. The highest BCUT2D eigenvalue weighted by atomic mass is 32.1. The topological polar surface area (TPSA) is 33.3 Å². The highest BCUT2D eigenvalue weighted by Crippen LogP contribution is 2.21. The van der Waals surface area contributed by atoms with Crippen LogP contribution < -0.4 is 15.4 Å². The van der Waals surface area contributed by atoms with Crippen molar-refractivity contribution in [3.05, 3.63) is 59.7 Å². The lowest BCUT2D eigenvalue weighted by atomic mass is 10.0. The van der Waals surface area contributed by atoms with Crippen molar-refractivity contribution in [3.63, 3.8) is 0 Å². The van der Waals surface area contributed by atoms with E-state index in [4.69, 9.17) is 17.0 Å². The van der Waals surface area contributed by atoms with Crippen molar-refractivity contribution in [2.75, 3.05) is 12.4 Å². The van der Waals surface area contributed by atoms with Crippen molar-refractivity contribution in [2.24, 2.45) is 0 Å². The number of ether oxygens (including phenoxy) is 1. The van der Waals surface area contributed by atoms with E-state index in [9.17, 15) is 8.78 Å². The quantitative estimate of drug-likeness (QED) is 0.793. The first kappa shape index (κ1) is 17.1. The predicted molar refractivity (Wildman–Crippen MR) is 91.7 cm³/mol. The average molecular weight is 336 g/mol. The number of halogens is 2. The summed E-state index contributed by atoms with van der Waals surface area (Å²) in [5.74, 6) is -0.615. The molecular formula is C17H18F2N2OS. The minimum Gasteiger partial charge on any atom is -0.497 e. The SMILES string of the molecule is CC[C@H](NC(=S)Nc1c(F)cccc1F)c1ccc(OC)cc1. The summed E-state index contributed by atoms with van der Waals surface area (Å²) in [7, 11) is 1.60. The molecule has 2 rings (SSSR count). The maximum Gasteiger partial charge on any atom is 0.171 e. The van der Waals surface area contributed by atoms with E-state index in [-0.39, 0.29) is 16.8 Å². The number of rotatable bonds is 5. The van der Waals surface area contributed by atoms with Crippen LogP contribution in [0.3, 0.4) is 0 Å². The van der Waals surface area contributed by atoms with E-state index in [1.54, 1.807) is 7.11 Å². The molecule has 0 aromatic heterocycles. The number of methoxy groups -OCH3 is 1. The van der Waals surface area contributed by atoms with E-state index in [1.165, 1.54) is 18.2 Å². The summed E-state index contributed by atoms with van der Waals surface area (Å²) in [5, 5.41) is 5.81. The van der Waals surface area contributed by atoms with Crippen LogP contribution in [0.25, 0.3) is 0 Å². The Labute approximate surface area is 139 Å². The summed E-state index contributed by atoms with van der Waals surface area (Å²) in [5.41, 5.74) is 0.751. The third kappa shape index (κ3) is 4.39. The number of benzene rings is 2. The van der Waals surface area contributed by atoms with Gasteiger partial charge in [-0.1, -0.05) is 25.1 Å². The van der Waals surface area contributed by atoms with Gasteiger partial charge in [0, 0.05) is 0 Å². The molecule has 0 amide bonds. The van der Waals surface area contributed by atoms with Crippen molar-refractivity contribution in [2.45, 2.75) is 19.4 Å². The molecule has 2 N–H and O–H groups in total. The van der Waals surface area contributed by atoms with Crippen LogP contribution in [0.4, 0.5) is 14.5 Å². The highest BCUT2D eigenvalue weighted by molar-refractivity contribution is 7.80. The van der Waals surface area contributed by atoms with Gasteiger partial charge in [0.2, 0.25) is 0 Å². The van der Waals surface area contributed by atoms with Crippen molar-refractivity contribution in [1.29, 1.82) is 0 Å². The first-order valence-electron chi connectivity index (χ1n) is 7.20. The molecule has 122 valence electrons. The Bertz CT molecular complexity index is 657. The Balaban J connectivity index is 2.07. The smallest absolute Gasteiger partial charge is 0.171 e. The maximum atomic E-state index is 13.6. The van der Waals surface area contributed by atoms with E-state index >= 15 is 0 Å². The summed E-state index contributed by atoms with van der Waals surface area (Å²) in [4.78, 5) is 0. The van der Waals surface area contributed by atoms with Gasteiger partial charge in [0.15, 0.2) is 5.11 Å². The van der Waals surface area contributed by atoms with E-state index in [2.05, 4.69) is 10.6 Å². The summed E-state index contributed by atoms with van der Waals surface area (Å²) < 4.78 is 32.4. The lowest BCUT2D eigenvalue weighted by molar-refractivity contribution is 0.414. The molecule has 0 bridgehead atoms. The fourth-order valence-corrected chi connectivity index (χ4v) is 2.43. The van der Waals surface area contributed by atoms with Crippen molar-refractivity contribution < 1.29 is 13.5 Å². The standard InChI is InChI=1S/C17H18F2N2OS/c1-3-15(11-7-9-12(22-2)10-8-11)20-17(23)21-16-13(18)5-4-6-14(16)19/h4-10,15H,3H2,1-2H3,(H2,20,21,23)/t15-/m0/s1. The first-order valence-corrected chi connectivity index (χ1v) is 7.61. The highest BCUT2D eigenvalue weighted by Gasteiger charge is 2.14. The molecule has 2 aromatic carbocycles. The van der Waals surface area contributed by atoms with Crippen molar-refractivity contribution in [3.8, 4) is 5.75 Å². The first-order chi connectivity index (χ1) is 11.0. The molecule has 3 nitrogen and oxygen atoms in total. The van der Waals surface area contributed by atoms with Crippen molar-refractivity contribution >= 4 is 23.0 Å².